The van der Waals surface area contributed by atoms with Gasteiger partial charge in [0.15, 0.2) is 0 Å². The Morgan fingerprint density at radius 3 is 2.41 bits per heavy atom. The lowest BCUT2D eigenvalue weighted by Gasteiger charge is -2.23. The zero-order valence-corrected chi connectivity index (χ0v) is 19.8. The maximum atomic E-state index is 13.6. The number of aromatic nitrogens is 2. The lowest BCUT2D eigenvalue weighted by molar-refractivity contribution is 0.0729. The van der Waals surface area contributed by atoms with E-state index in [1.54, 1.807) is 18.5 Å². The molecule has 6 heteroatoms. The number of aryl methyl sites for hydroxylation is 3. The number of hydrogen-bond donors (Lipinski definition) is 0. The minimum Gasteiger partial charge on any atom is -0.489 e. The molecule has 0 bridgehead atoms. The summed E-state index contributed by atoms with van der Waals surface area (Å²) >= 11 is 0. The number of amides is 1. The first-order chi connectivity index (χ1) is 16.5. The molecule has 4 aromatic rings. The molecule has 2 aromatic carbocycles. The Bertz CT molecular complexity index is 1210. The van der Waals surface area contributed by atoms with Gasteiger partial charge < -0.3 is 14.2 Å². The van der Waals surface area contributed by atoms with Gasteiger partial charge in [-0.15, -0.1) is 0 Å². The van der Waals surface area contributed by atoms with Gasteiger partial charge in [0, 0.05) is 31.0 Å². The molecule has 2 heterocycles. The lowest BCUT2D eigenvalue weighted by atomic mass is 10.1. The van der Waals surface area contributed by atoms with Crippen molar-refractivity contribution >= 4 is 5.91 Å². The van der Waals surface area contributed by atoms with Crippen molar-refractivity contribution in [3.8, 4) is 5.75 Å². The van der Waals surface area contributed by atoms with Crippen molar-refractivity contribution in [3.63, 3.8) is 0 Å². The van der Waals surface area contributed by atoms with Crippen LogP contribution < -0.4 is 4.74 Å². The van der Waals surface area contributed by atoms with Crippen molar-refractivity contribution in [2.24, 2.45) is 0 Å². The lowest BCUT2D eigenvalue weighted by Crippen LogP contribution is -2.30. The van der Waals surface area contributed by atoms with Crippen LogP contribution in [0.15, 0.2) is 77.6 Å². The van der Waals surface area contributed by atoms with Crippen LogP contribution in [0.2, 0.25) is 0 Å². The summed E-state index contributed by atoms with van der Waals surface area (Å²) in [5.41, 5.74) is 5.64. The monoisotopic (exact) mass is 455 g/mol. The van der Waals surface area contributed by atoms with Crippen LogP contribution in [-0.4, -0.2) is 20.9 Å². The van der Waals surface area contributed by atoms with Gasteiger partial charge in [0.05, 0.1) is 11.3 Å². The first-order valence-corrected chi connectivity index (χ1v) is 11.4. The Balaban J connectivity index is 1.54. The van der Waals surface area contributed by atoms with Gasteiger partial charge in [0.1, 0.15) is 18.1 Å². The number of rotatable bonds is 9. The first-order valence-electron chi connectivity index (χ1n) is 11.4. The van der Waals surface area contributed by atoms with E-state index >= 15 is 0 Å². The highest BCUT2D eigenvalue weighted by molar-refractivity contribution is 5.94. The van der Waals surface area contributed by atoms with Gasteiger partial charge >= 0.3 is 0 Å². The maximum Gasteiger partial charge on any atom is 0.254 e. The first kappa shape index (κ1) is 23.2. The van der Waals surface area contributed by atoms with Crippen molar-refractivity contribution in [1.29, 1.82) is 0 Å². The number of hydrogen-bond acceptors (Lipinski definition) is 5. The van der Waals surface area contributed by atoms with Crippen LogP contribution in [0.25, 0.3) is 0 Å². The van der Waals surface area contributed by atoms with Gasteiger partial charge in [0.25, 0.3) is 5.91 Å². The Kier molecular flexibility index (Phi) is 7.38. The molecule has 0 aliphatic carbocycles. The van der Waals surface area contributed by atoms with Crippen LogP contribution in [0.1, 0.15) is 51.0 Å². The Labute approximate surface area is 200 Å². The van der Waals surface area contributed by atoms with Gasteiger partial charge in [0.2, 0.25) is 0 Å². The number of carbonyl (C=O) groups is 1. The van der Waals surface area contributed by atoms with Crippen molar-refractivity contribution < 1.29 is 14.1 Å². The van der Waals surface area contributed by atoms with Gasteiger partial charge in [-0.05, 0) is 61.2 Å². The Hall–Kier alpha value is -3.93. The second kappa shape index (κ2) is 10.8. The maximum absolute atomic E-state index is 13.6. The molecule has 0 N–H and O–H groups in total. The Morgan fingerprint density at radius 1 is 0.971 bits per heavy atom. The molecule has 0 atom stereocenters. The van der Waals surface area contributed by atoms with Gasteiger partial charge in [-0.2, -0.15) is 0 Å². The van der Waals surface area contributed by atoms with Gasteiger partial charge in [-0.25, -0.2) is 0 Å². The molecule has 0 spiro atoms. The molecular formula is C28H29N3O3. The molecule has 0 fully saturated rings. The van der Waals surface area contributed by atoms with Crippen LogP contribution in [0.4, 0.5) is 0 Å². The summed E-state index contributed by atoms with van der Waals surface area (Å²) in [6.07, 6.45) is 4.52. The van der Waals surface area contributed by atoms with E-state index in [1.165, 1.54) is 5.56 Å². The summed E-state index contributed by atoms with van der Waals surface area (Å²) in [6.45, 7) is 7.19. The fourth-order valence-electron chi connectivity index (χ4n) is 3.78. The van der Waals surface area contributed by atoms with E-state index in [9.17, 15) is 4.79 Å². The van der Waals surface area contributed by atoms with Crippen LogP contribution in [0, 0.1) is 13.8 Å². The molecule has 4 rings (SSSR count). The minimum absolute atomic E-state index is 0.0637. The normalized spacial score (nSPS) is 10.8. The van der Waals surface area contributed by atoms with E-state index in [2.05, 4.69) is 41.3 Å². The average Bonchev–Trinajstić information content (AvgIpc) is 3.20. The summed E-state index contributed by atoms with van der Waals surface area (Å²) in [6, 6.07) is 19.6. The van der Waals surface area contributed by atoms with E-state index in [0.717, 1.165) is 34.6 Å². The molecule has 0 aliphatic rings. The summed E-state index contributed by atoms with van der Waals surface area (Å²) < 4.78 is 11.2. The topological polar surface area (TPSA) is 68.5 Å². The van der Waals surface area contributed by atoms with Crippen molar-refractivity contribution in [1.82, 2.24) is 15.0 Å². The molecule has 6 nitrogen and oxygen atoms in total. The molecule has 0 saturated carbocycles. The second-order valence-corrected chi connectivity index (χ2v) is 8.31. The highest BCUT2D eigenvalue weighted by Crippen LogP contribution is 2.21. The van der Waals surface area contributed by atoms with Crippen molar-refractivity contribution in [2.45, 2.75) is 46.9 Å². The van der Waals surface area contributed by atoms with Crippen LogP contribution in [0.5, 0.6) is 5.75 Å². The third kappa shape index (κ3) is 5.70. The van der Waals surface area contributed by atoms with Crippen molar-refractivity contribution in [2.75, 3.05) is 0 Å². The predicted molar refractivity (Wildman–Crippen MR) is 130 cm³/mol. The number of ether oxygens (including phenoxy) is 1. The molecule has 0 radical (unpaired) electrons. The summed E-state index contributed by atoms with van der Waals surface area (Å²) in [5, 5.41) is 3.97. The van der Waals surface area contributed by atoms with E-state index < -0.39 is 0 Å². The number of pyridine rings is 1. The van der Waals surface area contributed by atoms with Gasteiger partial charge in [-0.3, -0.25) is 9.78 Å². The molecular weight excluding hydrogens is 426 g/mol. The fourth-order valence-corrected chi connectivity index (χ4v) is 3.78. The number of carbonyl (C=O) groups excluding carboxylic acids is 1. The van der Waals surface area contributed by atoms with E-state index in [1.807, 2.05) is 49.1 Å². The van der Waals surface area contributed by atoms with E-state index in [0.29, 0.717) is 31.0 Å². The molecule has 34 heavy (non-hydrogen) atoms. The third-order valence-corrected chi connectivity index (χ3v) is 5.83. The van der Waals surface area contributed by atoms with E-state index in [-0.39, 0.29) is 5.91 Å². The summed E-state index contributed by atoms with van der Waals surface area (Å²) in [5.74, 6) is 1.30. The summed E-state index contributed by atoms with van der Waals surface area (Å²) in [4.78, 5) is 19.6. The zero-order valence-electron chi connectivity index (χ0n) is 19.8. The number of nitrogens with zero attached hydrogens (tertiary/aromatic N) is 3. The van der Waals surface area contributed by atoms with Crippen LogP contribution in [-0.2, 0) is 26.1 Å². The highest BCUT2D eigenvalue weighted by atomic mass is 16.5. The average molecular weight is 456 g/mol. The molecule has 174 valence electrons. The highest BCUT2D eigenvalue weighted by Gasteiger charge is 2.18. The van der Waals surface area contributed by atoms with Crippen LogP contribution in [0.3, 0.4) is 0 Å². The SMILES string of the molecule is CCc1ccc(CN(Cc2cccnc2)C(=O)c2cccc(OCc3c(C)noc3C)c2)cc1. The largest absolute Gasteiger partial charge is 0.489 e. The smallest absolute Gasteiger partial charge is 0.254 e. The molecule has 1 amide bonds. The quantitative estimate of drug-likeness (QED) is 0.325. The second-order valence-electron chi connectivity index (χ2n) is 8.31. The van der Waals surface area contributed by atoms with Crippen LogP contribution >= 0.6 is 0 Å². The molecule has 0 aliphatic heterocycles. The zero-order chi connectivity index (χ0) is 23.9. The van der Waals surface area contributed by atoms with Crippen molar-refractivity contribution in [3.05, 3.63) is 112 Å². The minimum atomic E-state index is -0.0637. The third-order valence-electron chi connectivity index (χ3n) is 5.83. The summed E-state index contributed by atoms with van der Waals surface area (Å²) in [7, 11) is 0. The molecule has 0 saturated heterocycles. The fraction of sp³-hybridized carbons (Fsp3) is 0.250. The van der Waals surface area contributed by atoms with Gasteiger partial charge in [-0.1, -0.05) is 48.5 Å². The number of benzene rings is 2. The molecule has 0 unspecified atom stereocenters. The standard InChI is InChI=1S/C28H29N3O3/c1-4-22-10-12-23(13-11-22)17-31(18-24-7-6-14-29-16-24)28(32)25-8-5-9-26(15-25)33-19-27-20(2)30-34-21(27)3/h5-16H,4,17-19H2,1-3H3. The van der Waals surface area contributed by atoms with E-state index in [4.69, 9.17) is 9.26 Å². The Morgan fingerprint density at radius 2 is 1.74 bits per heavy atom. The predicted octanol–water partition coefficient (Wildman–Crippen LogP) is 5.67. The molecule has 2 aromatic heterocycles.